The molecule has 0 aliphatic carbocycles. The molecule has 1 heterocycles. The normalized spacial score (nSPS) is 13.4. The van der Waals surface area contributed by atoms with Crippen molar-refractivity contribution < 1.29 is 9.53 Å². The molecule has 3 nitrogen and oxygen atoms in total. The van der Waals surface area contributed by atoms with E-state index < -0.39 is 0 Å². The summed E-state index contributed by atoms with van der Waals surface area (Å²) in [5.74, 6) is 1.39. The van der Waals surface area contributed by atoms with Crippen LogP contribution in [0.3, 0.4) is 0 Å². The summed E-state index contributed by atoms with van der Waals surface area (Å²) in [4.78, 5) is 15.5. The molecule has 0 bridgehead atoms. The Bertz CT molecular complexity index is 490. The molecule has 0 amide bonds. The molecular weight excluding hydrogens is 226 g/mol. The van der Waals surface area contributed by atoms with E-state index in [-0.39, 0.29) is 0 Å². The van der Waals surface area contributed by atoms with Crippen LogP contribution in [0.1, 0.15) is 42.6 Å². The van der Waals surface area contributed by atoms with E-state index in [1.165, 1.54) is 5.71 Å². The van der Waals surface area contributed by atoms with Crippen LogP contribution >= 0.6 is 0 Å². The van der Waals surface area contributed by atoms with Crippen molar-refractivity contribution >= 4 is 17.7 Å². The Morgan fingerprint density at radius 1 is 1.44 bits per heavy atom. The zero-order valence-electron chi connectivity index (χ0n) is 11.2. The fourth-order valence-corrected chi connectivity index (χ4v) is 2.19. The van der Waals surface area contributed by atoms with Gasteiger partial charge in [0, 0.05) is 17.7 Å². The van der Waals surface area contributed by atoms with Crippen LogP contribution in [0, 0.1) is 5.92 Å². The van der Waals surface area contributed by atoms with Crippen molar-refractivity contribution in [2.75, 3.05) is 7.11 Å². The molecule has 1 aliphatic rings. The lowest BCUT2D eigenvalue weighted by Gasteiger charge is -2.05. The molecule has 0 unspecified atom stereocenters. The summed E-state index contributed by atoms with van der Waals surface area (Å²) in [5.41, 5.74) is 3.86. The Hall–Kier alpha value is -1.64. The number of benzene rings is 1. The second kappa shape index (κ2) is 5.34. The third-order valence-corrected chi connectivity index (χ3v) is 3.21. The molecule has 0 atom stereocenters. The Kier molecular flexibility index (Phi) is 3.80. The van der Waals surface area contributed by atoms with Gasteiger partial charge in [0.1, 0.15) is 17.7 Å². The number of hydrogen-bond donors (Lipinski definition) is 0. The number of ether oxygens (including phenoxy) is 1. The maximum Gasteiger partial charge on any atom is 0.150 e. The summed E-state index contributed by atoms with van der Waals surface area (Å²) in [5, 5.41) is 0. The first-order valence-corrected chi connectivity index (χ1v) is 6.36. The molecule has 0 fully saturated rings. The Labute approximate surface area is 108 Å². The summed E-state index contributed by atoms with van der Waals surface area (Å²) in [6, 6.07) is 3.66. The first-order chi connectivity index (χ1) is 8.63. The topological polar surface area (TPSA) is 38.7 Å². The molecule has 96 valence electrons. The summed E-state index contributed by atoms with van der Waals surface area (Å²) >= 11 is 0. The Morgan fingerprint density at radius 3 is 2.83 bits per heavy atom. The minimum atomic E-state index is 0.658. The molecule has 0 N–H and O–H groups in total. The third-order valence-electron chi connectivity index (χ3n) is 3.21. The first kappa shape index (κ1) is 12.8. The van der Waals surface area contributed by atoms with Crippen LogP contribution in [-0.2, 0) is 6.42 Å². The molecule has 0 spiro atoms. The average molecular weight is 245 g/mol. The van der Waals surface area contributed by atoms with Crippen LogP contribution in [-0.4, -0.2) is 19.1 Å². The Balaban J connectivity index is 2.23. The maximum absolute atomic E-state index is 10.9. The van der Waals surface area contributed by atoms with Gasteiger partial charge in [0.05, 0.1) is 7.11 Å². The summed E-state index contributed by atoms with van der Waals surface area (Å²) < 4.78 is 5.31. The zero-order chi connectivity index (χ0) is 13.1. The quantitative estimate of drug-likeness (QED) is 0.744. The van der Waals surface area contributed by atoms with Crippen LogP contribution in [0.2, 0.25) is 0 Å². The first-order valence-electron chi connectivity index (χ1n) is 6.36. The number of aldehydes is 1. The van der Waals surface area contributed by atoms with Crippen LogP contribution in [0.5, 0.6) is 5.75 Å². The lowest BCUT2D eigenvalue weighted by Crippen LogP contribution is -2.00. The number of hydrogen-bond acceptors (Lipinski definition) is 3. The van der Waals surface area contributed by atoms with E-state index in [0.717, 1.165) is 36.8 Å². The molecule has 0 aromatic heterocycles. The van der Waals surface area contributed by atoms with Gasteiger partial charge in [-0.3, -0.25) is 9.79 Å². The molecular formula is C15H19NO2. The van der Waals surface area contributed by atoms with E-state index >= 15 is 0 Å². The number of methoxy groups -OCH3 is 1. The van der Waals surface area contributed by atoms with E-state index in [2.05, 4.69) is 18.8 Å². The highest BCUT2D eigenvalue weighted by Crippen LogP contribution is 2.38. The van der Waals surface area contributed by atoms with Crippen molar-refractivity contribution in [1.29, 1.82) is 0 Å². The number of carbonyl (C=O) groups excluding carboxylic acids is 1. The van der Waals surface area contributed by atoms with E-state index in [1.54, 1.807) is 13.2 Å². The minimum absolute atomic E-state index is 0.658. The lowest BCUT2D eigenvalue weighted by molar-refractivity contribution is 0.112. The van der Waals surface area contributed by atoms with Crippen LogP contribution in [0.4, 0.5) is 5.69 Å². The molecule has 1 aromatic carbocycles. The van der Waals surface area contributed by atoms with Gasteiger partial charge in [-0.05, 0) is 36.5 Å². The molecule has 0 saturated carbocycles. The van der Waals surface area contributed by atoms with Gasteiger partial charge in [-0.1, -0.05) is 13.8 Å². The number of carbonyl (C=O) groups is 1. The largest absolute Gasteiger partial charge is 0.494 e. The van der Waals surface area contributed by atoms with E-state index in [4.69, 9.17) is 4.74 Å². The average Bonchev–Trinajstić information content (AvgIpc) is 2.77. The molecule has 0 radical (unpaired) electrons. The Morgan fingerprint density at radius 2 is 2.22 bits per heavy atom. The van der Waals surface area contributed by atoms with Crippen molar-refractivity contribution in [3.8, 4) is 5.75 Å². The standard InChI is InChI=1S/C15H19NO2/c1-10(2)4-5-13-8-12-6-11(9-17)7-14(18-3)15(12)16-13/h6-7,9-10H,4-5,8H2,1-3H3. The van der Waals surface area contributed by atoms with Gasteiger partial charge in [0.25, 0.3) is 0 Å². The lowest BCUT2D eigenvalue weighted by atomic mass is 10.0. The molecule has 1 aromatic rings. The van der Waals surface area contributed by atoms with E-state index in [0.29, 0.717) is 17.2 Å². The molecule has 3 heteroatoms. The highest BCUT2D eigenvalue weighted by atomic mass is 16.5. The molecule has 0 saturated heterocycles. The van der Waals surface area contributed by atoms with Gasteiger partial charge in [0.15, 0.2) is 0 Å². The SMILES string of the molecule is COc1cc(C=O)cc2c1N=C(CCC(C)C)C2. The van der Waals surface area contributed by atoms with Gasteiger partial charge in [0.2, 0.25) is 0 Å². The van der Waals surface area contributed by atoms with Gasteiger partial charge >= 0.3 is 0 Å². The monoisotopic (exact) mass is 245 g/mol. The zero-order valence-corrected chi connectivity index (χ0v) is 11.2. The minimum Gasteiger partial charge on any atom is -0.494 e. The third kappa shape index (κ3) is 2.61. The highest BCUT2D eigenvalue weighted by molar-refractivity contribution is 5.96. The van der Waals surface area contributed by atoms with Gasteiger partial charge in [-0.2, -0.15) is 0 Å². The van der Waals surface area contributed by atoms with Gasteiger partial charge < -0.3 is 4.74 Å². The van der Waals surface area contributed by atoms with Gasteiger partial charge in [-0.25, -0.2) is 0 Å². The second-order valence-corrected chi connectivity index (χ2v) is 5.14. The van der Waals surface area contributed by atoms with Crippen LogP contribution in [0.15, 0.2) is 17.1 Å². The smallest absolute Gasteiger partial charge is 0.150 e. The molecule has 1 aliphatic heterocycles. The molecule has 2 rings (SSSR count). The van der Waals surface area contributed by atoms with E-state index in [9.17, 15) is 4.79 Å². The number of fused-ring (bicyclic) bond motifs is 1. The number of aliphatic imine (C=N–C) groups is 1. The van der Waals surface area contributed by atoms with Gasteiger partial charge in [-0.15, -0.1) is 0 Å². The maximum atomic E-state index is 10.9. The fraction of sp³-hybridized carbons (Fsp3) is 0.467. The fourth-order valence-electron chi connectivity index (χ4n) is 2.19. The van der Waals surface area contributed by atoms with Crippen LogP contribution < -0.4 is 4.74 Å². The molecule has 18 heavy (non-hydrogen) atoms. The van der Waals surface area contributed by atoms with Crippen molar-refractivity contribution in [3.05, 3.63) is 23.3 Å². The van der Waals surface area contributed by atoms with Crippen molar-refractivity contribution in [3.63, 3.8) is 0 Å². The van der Waals surface area contributed by atoms with Crippen molar-refractivity contribution in [1.82, 2.24) is 0 Å². The number of rotatable bonds is 5. The highest BCUT2D eigenvalue weighted by Gasteiger charge is 2.19. The summed E-state index contributed by atoms with van der Waals surface area (Å²) in [6.07, 6.45) is 3.87. The van der Waals surface area contributed by atoms with Crippen LogP contribution in [0.25, 0.3) is 0 Å². The van der Waals surface area contributed by atoms with Crippen molar-refractivity contribution in [2.24, 2.45) is 10.9 Å². The summed E-state index contributed by atoms with van der Waals surface area (Å²) in [7, 11) is 1.62. The summed E-state index contributed by atoms with van der Waals surface area (Å²) in [6.45, 7) is 4.43. The van der Waals surface area contributed by atoms with Crippen molar-refractivity contribution in [2.45, 2.75) is 33.1 Å². The van der Waals surface area contributed by atoms with E-state index in [1.807, 2.05) is 6.07 Å². The predicted molar refractivity (Wildman–Crippen MR) is 73.3 cm³/mol. The number of nitrogens with zero attached hydrogens (tertiary/aromatic N) is 1. The second-order valence-electron chi connectivity index (χ2n) is 5.14. The predicted octanol–water partition coefficient (Wildman–Crippen LogP) is 3.57.